The Kier molecular flexibility index (Phi) is 7.14. The van der Waals surface area contributed by atoms with E-state index in [-0.39, 0.29) is 17.5 Å². The molecule has 6 nitrogen and oxygen atoms in total. The fraction of sp³-hybridized carbons (Fsp3) is 0.269. The van der Waals surface area contributed by atoms with Crippen LogP contribution in [0.3, 0.4) is 0 Å². The van der Waals surface area contributed by atoms with Crippen LogP contribution in [0, 0.1) is 0 Å². The summed E-state index contributed by atoms with van der Waals surface area (Å²) in [5, 5.41) is 3.42. The highest BCUT2D eigenvalue weighted by atomic mass is 35.5. The number of fused-ring (bicyclic) bond motifs is 1. The number of methoxy groups -OCH3 is 1. The highest BCUT2D eigenvalue weighted by molar-refractivity contribution is 7.92. The maximum atomic E-state index is 13.5. The van der Waals surface area contributed by atoms with Gasteiger partial charge in [-0.05, 0) is 91.4 Å². The minimum atomic E-state index is -4.02. The summed E-state index contributed by atoms with van der Waals surface area (Å²) in [7, 11) is -2.51. The third-order valence-corrected chi connectivity index (χ3v) is 8.09. The number of carbonyl (C=O) groups is 1. The topological polar surface area (TPSA) is 75.7 Å². The maximum Gasteiger partial charge on any atom is 0.264 e. The summed E-state index contributed by atoms with van der Waals surface area (Å²) < 4.78 is 33.2. The number of nitrogens with one attached hydrogen (secondary N) is 1. The van der Waals surface area contributed by atoms with Gasteiger partial charge in [0, 0.05) is 5.02 Å². The number of hydrogen-bond acceptors (Lipinski definition) is 4. The van der Waals surface area contributed by atoms with E-state index < -0.39 is 15.9 Å². The second-order valence-electron chi connectivity index (χ2n) is 8.33. The molecule has 0 fully saturated rings. The second kappa shape index (κ2) is 10.1. The normalized spacial score (nSPS) is 13.7. The zero-order chi connectivity index (χ0) is 24.3. The molecule has 0 heterocycles. The van der Waals surface area contributed by atoms with Gasteiger partial charge in [-0.3, -0.25) is 9.10 Å². The van der Waals surface area contributed by atoms with Crippen LogP contribution < -0.4 is 14.4 Å². The molecule has 0 saturated carbocycles. The number of sulfonamides is 1. The number of amides is 1. The number of benzene rings is 3. The zero-order valence-electron chi connectivity index (χ0n) is 19.1. The van der Waals surface area contributed by atoms with Crippen molar-refractivity contribution in [1.29, 1.82) is 0 Å². The SMILES string of the molecule is COc1ccc(S(=O)(=O)N(CC(=O)NC(C)c2ccc3c(c2)CCC3)c2ccc(Cl)cc2)cc1. The summed E-state index contributed by atoms with van der Waals surface area (Å²) in [6.07, 6.45) is 3.29. The van der Waals surface area contributed by atoms with Crippen LogP contribution in [0.4, 0.5) is 5.69 Å². The molecule has 1 aliphatic carbocycles. The fourth-order valence-corrected chi connectivity index (χ4v) is 5.71. The summed E-state index contributed by atoms with van der Waals surface area (Å²) in [6, 6.07) is 18.5. The number of halogens is 1. The minimum absolute atomic E-state index is 0.0581. The van der Waals surface area contributed by atoms with Gasteiger partial charge in [0.1, 0.15) is 12.3 Å². The molecule has 8 heteroatoms. The predicted octanol–water partition coefficient (Wildman–Crippen LogP) is 4.91. The first-order valence-corrected chi connectivity index (χ1v) is 12.9. The van der Waals surface area contributed by atoms with Gasteiger partial charge in [-0.2, -0.15) is 0 Å². The third-order valence-electron chi connectivity index (χ3n) is 6.05. The van der Waals surface area contributed by atoms with Crippen molar-refractivity contribution in [2.24, 2.45) is 0 Å². The number of anilines is 1. The Labute approximate surface area is 205 Å². The van der Waals surface area contributed by atoms with E-state index >= 15 is 0 Å². The molecule has 0 aliphatic heterocycles. The summed E-state index contributed by atoms with van der Waals surface area (Å²) in [4.78, 5) is 13.1. The van der Waals surface area contributed by atoms with Gasteiger partial charge in [0.2, 0.25) is 5.91 Å². The molecule has 3 aromatic rings. The molecule has 1 unspecified atom stereocenters. The standard InChI is InChI=1S/C26H27ClN2O4S/c1-18(20-7-6-19-4-3-5-21(19)16-20)28-26(30)17-29(23-10-8-22(27)9-11-23)34(31,32)25-14-12-24(33-2)13-15-25/h6-16,18H,3-5,17H2,1-2H3,(H,28,30). The molecule has 0 bridgehead atoms. The van der Waals surface area contributed by atoms with Gasteiger partial charge >= 0.3 is 0 Å². The van der Waals surface area contributed by atoms with E-state index in [2.05, 4.69) is 17.4 Å². The molecule has 178 valence electrons. The predicted molar refractivity (Wildman–Crippen MR) is 134 cm³/mol. The Bertz CT molecular complexity index is 1280. The van der Waals surface area contributed by atoms with Gasteiger partial charge in [-0.15, -0.1) is 0 Å². The average Bonchev–Trinajstić information content (AvgIpc) is 3.31. The van der Waals surface area contributed by atoms with Gasteiger partial charge < -0.3 is 10.1 Å². The number of nitrogens with zero attached hydrogens (tertiary/aromatic N) is 1. The second-order valence-corrected chi connectivity index (χ2v) is 10.6. The molecular weight excluding hydrogens is 472 g/mol. The van der Waals surface area contributed by atoms with Crippen LogP contribution in [0.25, 0.3) is 0 Å². The number of hydrogen-bond donors (Lipinski definition) is 1. The maximum absolute atomic E-state index is 13.5. The molecule has 34 heavy (non-hydrogen) atoms. The van der Waals surface area contributed by atoms with Crippen molar-refractivity contribution in [2.45, 2.75) is 37.1 Å². The third kappa shape index (κ3) is 5.21. The summed E-state index contributed by atoms with van der Waals surface area (Å²) in [5.74, 6) is 0.137. The fourth-order valence-electron chi connectivity index (χ4n) is 4.16. The first kappa shape index (κ1) is 24.1. The van der Waals surface area contributed by atoms with E-state index in [4.69, 9.17) is 16.3 Å². The summed E-state index contributed by atoms with van der Waals surface area (Å²) in [6.45, 7) is 1.53. The molecule has 0 saturated heterocycles. The van der Waals surface area contributed by atoms with Crippen molar-refractivity contribution < 1.29 is 17.9 Å². The van der Waals surface area contributed by atoms with Gasteiger partial charge in [0.15, 0.2) is 0 Å². The molecule has 1 amide bonds. The molecule has 1 atom stereocenters. The van der Waals surface area contributed by atoms with E-state index in [0.29, 0.717) is 16.5 Å². The molecule has 0 spiro atoms. The van der Waals surface area contributed by atoms with Crippen LogP contribution in [0.15, 0.2) is 71.6 Å². The summed E-state index contributed by atoms with van der Waals surface area (Å²) in [5.41, 5.74) is 4.04. The van der Waals surface area contributed by atoms with Crippen molar-refractivity contribution in [3.63, 3.8) is 0 Å². The van der Waals surface area contributed by atoms with Gasteiger partial charge in [-0.1, -0.05) is 29.8 Å². The largest absolute Gasteiger partial charge is 0.497 e. The average molecular weight is 499 g/mol. The van der Waals surface area contributed by atoms with Crippen LogP contribution in [0.1, 0.15) is 36.1 Å². The number of aryl methyl sites for hydroxylation is 2. The lowest BCUT2D eigenvalue weighted by Gasteiger charge is -2.25. The van der Waals surface area contributed by atoms with Crippen LogP contribution in [-0.2, 0) is 27.7 Å². The van der Waals surface area contributed by atoms with Crippen molar-refractivity contribution in [1.82, 2.24) is 5.32 Å². The number of rotatable bonds is 8. The lowest BCUT2D eigenvalue weighted by atomic mass is 10.0. The Morgan fingerprint density at radius 1 is 1.03 bits per heavy atom. The first-order valence-electron chi connectivity index (χ1n) is 11.1. The van der Waals surface area contributed by atoms with E-state index in [9.17, 15) is 13.2 Å². The Balaban J connectivity index is 1.57. The molecule has 1 aliphatic rings. The van der Waals surface area contributed by atoms with Crippen LogP contribution in [0.5, 0.6) is 5.75 Å². The van der Waals surface area contributed by atoms with Crippen molar-refractivity contribution in [3.05, 3.63) is 88.4 Å². The molecule has 4 rings (SSSR count). The molecule has 1 N–H and O–H groups in total. The number of carbonyl (C=O) groups excluding carboxylic acids is 1. The lowest BCUT2D eigenvalue weighted by Crippen LogP contribution is -2.41. The smallest absolute Gasteiger partial charge is 0.264 e. The van der Waals surface area contributed by atoms with E-state index in [1.165, 1.54) is 30.4 Å². The summed E-state index contributed by atoms with van der Waals surface area (Å²) >= 11 is 6.00. The van der Waals surface area contributed by atoms with E-state index in [1.807, 2.05) is 13.0 Å². The van der Waals surface area contributed by atoms with Gasteiger partial charge in [-0.25, -0.2) is 8.42 Å². The monoisotopic (exact) mass is 498 g/mol. The van der Waals surface area contributed by atoms with Gasteiger partial charge in [0.05, 0.1) is 23.7 Å². The van der Waals surface area contributed by atoms with Crippen LogP contribution >= 0.6 is 11.6 Å². The lowest BCUT2D eigenvalue weighted by molar-refractivity contribution is -0.120. The molecule has 0 aromatic heterocycles. The van der Waals surface area contributed by atoms with Crippen LogP contribution in [0.2, 0.25) is 5.02 Å². The highest BCUT2D eigenvalue weighted by Crippen LogP contribution is 2.28. The van der Waals surface area contributed by atoms with E-state index in [0.717, 1.165) is 29.1 Å². The number of ether oxygens (including phenoxy) is 1. The van der Waals surface area contributed by atoms with Crippen LogP contribution in [-0.4, -0.2) is 28.0 Å². The van der Waals surface area contributed by atoms with Crippen molar-refractivity contribution in [2.75, 3.05) is 18.0 Å². The molecule has 0 radical (unpaired) electrons. The minimum Gasteiger partial charge on any atom is -0.497 e. The van der Waals surface area contributed by atoms with E-state index in [1.54, 1.807) is 36.4 Å². The highest BCUT2D eigenvalue weighted by Gasteiger charge is 2.28. The molecular formula is C26H27ClN2O4S. The first-order chi connectivity index (χ1) is 16.3. The van der Waals surface area contributed by atoms with Crippen molar-refractivity contribution in [3.8, 4) is 5.75 Å². The Hall–Kier alpha value is -3.03. The molecule has 3 aromatic carbocycles. The van der Waals surface area contributed by atoms with Gasteiger partial charge in [0.25, 0.3) is 10.0 Å². The quantitative estimate of drug-likeness (QED) is 0.478. The van der Waals surface area contributed by atoms with Crippen molar-refractivity contribution >= 4 is 33.2 Å². The Morgan fingerprint density at radius 2 is 1.71 bits per heavy atom. The Morgan fingerprint density at radius 3 is 2.38 bits per heavy atom. The zero-order valence-corrected chi connectivity index (χ0v) is 20.7.